The molecule has 0 aliphatic rings. The molecular weight excluding hydrogens is 403 g/mol. The molecule has 1 aromatic carbocycles. The minimum atomic E-state index is -4.72. The molecular formula is C16H14F3N3O5S. The molecule has 0 saturated carbocycles. The van der Waals surface area contributed by atoms with Gasteiger partial charge in [0.15, 0.2) is 0 Å². The lowest BCUT2D eigenvalue weighted by molar-refractivity contribution is -0.388. The van der Waals surface area contributed by atoms with E-state index in [9.17, 15) is 32.9 Å². The minimum absolute atomic E-state index is 0.110. The van der Waals surface area contributed by atoms with Gasteiger partial charge in [-0.3, -0.25) is 30.6 Å². The van der Waals surface area contributed by atoms with Crippen LogP contribution in [0.25, 0.3) is 0 Å². The van der Waals surface area contributed by atoms with E-state index >= 15 is 0 Å². The van der Waals surface area contributed by atoms with Crippen LogP contribution in [0.4, 0.5) is 18.9 Å². The van der Waals surface area contributed by atoms with Gasteiger partial charge in [-0.25, -0.2) is 0 Å². The zero-order chi connectivity index (χ0) is 21.1. The lowest BCUT2D eigenvalue weighted by atomic mass is 10.2. The van der Waals surface area contributed by atoms with Crippen LogP contribution in [0.15, 0.2) is 33.6 Å². The molecule has 12 heteroatoms. The van der Waals surface area contributed by atoms with Crippen molar-refractivity contribution in [2.24, 2.45) is 0 Å². The molecule has 0 aliphatic carbocycles. The minimum Gasteiger partial charge on any atom is -0.466 e. The van der Waals surface area contributed by atoms with Gasteiger partial charge in [-0.05, 0) is 32.0 Å². The summed E-state index contributed by atoms with van der Waals surface area (Å²) in [6, 6.07) is 3.51. The van der Waals surface area contributed by atoms with Crippen molar-refractivity contribution in [2.45, 2.75) is 24.9 Å². The number of nitrogens with zero attached hydrogens (tertiary/aromatic N) is 1. The molecule has 2 rings (SSSR count). The fraction of sp³-hybridized carbons (Fsp3) is 0.250. The first-order chi connectivity index (χ1) is 13.0. The highest BCUT2D eigenvalue weighted by molar-refractivity contribution is 8.00. The number of hydrazine groups is 1. The van der Waals surface area contributed by atoms with Gasteiger partial charge in [-0.2, -0.15) is 13.2 Å². The average Bonchev–Trinajstić information content (AvgIpc) is 2.95. The van der Waals surface area contributed by atoms with Crippen molar-refractivity contribution in [1.82, 2.24) is 10.9 Å². The Hall–Kier alpha value is -3.02. The lowest BCUT2D eigenvalue weighted by Gasteiger charge is -2.09. The van der Waals surface area contributed by atoms with E-state index in [1.54, 1.807) is 13.8 Å². The molecule has 0 spiro atoms. The summed E-state index contributed by atoms with van der Waals surface area (Å²) in [6.45, 7) is 3.22. The molecule has 0 aliphatic heterocycles. The maximum absolute atomic E-state index is 12.7. The summed E-state index contributed by atoms with van der Waals surface area (Å²) in [5.74, 6) is -0.813. The zero-order valence-corrected chi connectivity index (χ0v) is 15.4. The molecule has 0 fully saturated rings. The maximum Gasteiger partial charge on any atom is 0.416 e. The molecule has 28 heavy (non-hydrogen) atoms. The highest BCUT2D eigenvalue weighted by Crippen LogP contribution is 2.36. The number of nitrogens with one attached hydrogen (secondary N) is 2. The SMILES string of the molecule is Cc1cc(C(=O)NNC(=O)CSc2ccc(C(F)(F)F)cc2[N+](=O)[O-])c(C)o1. The number of hydrogen-bond donors (Lipinski definition) is 2. The molecule has 1 aromatic heterocycles. The Labute approximate surface area is 160 Å². The zero-order valence-electron chi connectivity index (χ0n) is 14.5. The van der Waals surface area contributed by atoms with Gasteiger partial charge in [-0.1, -0.05) is 0 Å². The second-order valence-electron chi connectivity index (χ2n) is 5.56. The van der Waals surface area contributed by atoms with Crippen molar-refractivity contribution in [3.05, 3.63) is 57.0 Å². The molecule has 0 saturated heterocycles. The summed E-state index contributed by atoms with van der Waals surface area (Å²) < 4.78 is 43.2. The fourth-order valence-corrected chi connectivity index (χ4v) is 2.99. The molecule has 0 atom stereocenters. The lowest BCUT2D eigenvalue weighted by Crippen LogP contribution is -2.42. The van der Waals surface area contributed by atoms with Gasteiger partial charge in [0, 0.05) is 6.07 Å². The summed E-state index contributed by atoms with van der Waals surface area (Å²) >= 11 is 0.667. The largest absolute Gasteiger partial charge is 0.466 e. The standard InChI is InChI=1S/C16H14F3N3O5S/c1-8-5-11(9(2)27-8)15(24)21-20-14(23)7-28-13-4-3-10(16(17,18)19)6-12(13)22(25)26/h3-6H,7H2,1-2H3,(H,20,23)(H,21,24). The Morgan fingerprint density at radius 1 is 1.21 bits per heavy atom. The van der Waals surface area contributed by atoms with Crippen LogP contribution in [-0.4, -0.2) is 22.5 Å². The Morgan fingerprint density at radius 3 is 2.43 bits per heavy atom. The first-order valence-corrected chi connectivity index (χ1v) is 8.62. The van der Waals surface area contributed by atoms with Crippen molar-refractivity contribution >= 4 is 29.3 Å². The van der Waals surface area contributed by atoms with Crippen LogP contribution >= 0.6 is 11.8 Å². The third kappa shape index (κ3) is 5.25. The van der Waals surface area contributed by atoms with Gasteiger partial charge < -0.3 is 4.42 Å². The van der Waals surface area contributed by atoms with Gasteiger partial charge in [0.25, 0.3) is 11.6 Å². The van der Waals surface area contributed by atoms with Crippen LogP contribution in [0, 0.1) is 24.0 Å². The van der Waals surface area contributed by atoms with E-state index < -0.39 is 34.2 Å². The van der Waals surface area contributed by atoms with E-state index in [4.69, 9.17) is 4.42 Å². The summed E-state index contributed by atoms with van der Waals surface area (Å²) in [4.78, 5) is 33.7. The smallest absolute Gasteiger partial charge is 0.416 e. The second kappa shape index (κ2) is 8.33. The summed E-state index contributed by atoms with van der Waals surface area (Å²) in [7, 11) is 0. The van der Waals surface area contributed by atoms with E-state index in [1.807, 2.05) is 0 Å². The molecule has 0 unspecified atom stereocenters. The molecule has 2 N–H and O–H groups in total. The first kappa shape index (κ1) is 21.3. The Morgan fingerprint density at radius 2 is 1.89 bits per heavy atom. The predicted octanol–water partition coefficient (Wildman–Crippen LogP) is 3.38. The van der Waals surface area contributed by atoms with Crippen molar-refractivity contribution < 1.29 is 32.1 Å². The monoisotopic (exact) mass is 417 g/mol. The quantitative estimate of drug-likeness (QED) is 0.438. The Balaban J connectivity index is 1.98. The first-order valence-electron chi connectivity index (χ1n) is 7.63. The van der Waals surface area contributed by atoms with E-state index in [2.05, 4.69) is 10.9 Å². The van der Waals surface area contributed by atoms with Crippen LogP contribution < -0.4 is 10.9 Å². The molecule has 2 aromatic rings. The maximum atomic E-state index is 12.7. The highest BCUT2D eigenvalue weighted by Gasteiger charge is 2.33. The number of carbonyl (C=O) groups is 2. The number of amides is 2. The van der Waals surface area contributed by atoms with Gasteiger partial charge in [0.2, 0.25) is 5.91 Å². The number of thioether (sulfide) groups is 1. The number of alkyl halides is 3. The Kier molecular flexibility index (Phi) is 6.33. The number of nitro groups is 1. The van der Waals surface area contributed by atoms with E-state index in [-0.39, 0.29) is 16.2 Å². The van der Waals surface area contributed by atoms with Crippen LogP contribution in [-0.2, 0) is 11.0 Å². The number of benzene rings is 1. The van der Waals surface area contributed by atoms with Crippen LogP contribution in [0.1, 0.15) is 27.4 Å². The number of furan rings is 1. The van der Waals surface area contributed by atoms with Gasteiger partial charge in [0.05, 0.1) is 26.7 Å². The third-order valence-electron chi connectivity index (χ3n) is 3.44. The summed E-state index contributed by atoms with van der Waals surface area (Å²) in [5, 5.41) is 11.0. The van der Waals surface area contributed by atoms with Gasteiger partial charge in [-0.15, -0.1) is 11.8 Å². The number of aryl methyl sites for hydroxylation is 2. The van der Waals surface area contributed by atoms with Crippen LogP contribution in [0.2, 0.25) is 0 Å². The number of carbonyl (C=O) groups excluding carboxylic acids is 2. The van der Waals surface area contributed by atoms with Gasteiger partial charge in [0.1, 0.15) is 11.5 Å². The average molecular weight is 417 g/mol. The second-order valence-corrected chi connectivity index (χ2v) is 6.57. The van der Waals surface area contributed by atoms with E-state index in [0.29, 0.717) is 35.4 Å². The summed E-state index contributed by atoms with van der Waals surface area (Å²) in [5.41, 5.74) is 2.58. The number of hydrogen-bond acceptors (Lipinski definition) is 6. The number of halogens is 3. The molecule has 0 bridgehead atoms. The topological polar surface area (TPSA) is 114 Å². The predicted molar refractivity (Wildman–Crippen MR) is 92.6 cm³/mol. The Bertz CT molecular complexity index is 927. The molecule has 0 radical (unpaired) electrons. The summed E-state index contributed by atoms with van der Waals surface area (Å²) in [6.07, 6.45) is -4.72. The third-order valence-corrected chi connectivity index (χ3v) is 4.51. The van der Waals surface area contributed by atoms with Crippen LogP contribution in [0.3, 0.4) is 0 Å². The normalized spacial score (nSPS) is 11.2. The molecule has 150 valence electrons. The molecule has 1 heterocycles. The molecule has 2 amide bonds. The highest BCUT2D eigenvalue weighted by atomic mass is 32.2. The van der Waals surface area contributed by atoms with Gasteiger partial charge >= 0.3 is 6.18 Å². The molecule has 8 nitrogen and oxygen atoms in total. The fourth-order valence-electron chi connectivity index (χ4n) is 2.19. The van der Waals surface area contributed by atoms with Crippen molar-refractivity contribution in [2.75, 3.05) is 5.75 Å². The van der Waals surface area contributed by atoms with E-state index in [1.165, 1.54) is 6.07 Å². The van der Waals surface area contributed by atoms with Crippen molar-refractivity contribution in [3.8, 4) is 0 Å². The number of rotatable bonds is 5. The number of nitro benzene ring substituents is 1. The van der Waals surface area contributed by atoms with E-state index in [0.717, 1.165) is 6.07 Å². The van der Waals surface area contributed by atoms with Crippen LogP contribution in [0.5, 0.6) is 0 Å². The van der Waals surface area contributed by atoms with Crippen molar-refractivity contribution in [3.63, 3.8) is 0 Å². The van der Waals surface area contributed by atoms with Crippen molar-refractivity contribution in [1.29, 1.82) is 0 Å².